The molecule has 0 aliphatic rings. The monoisotopic (exact) mass is 219 g/mol. The molecule has 0 bridgehead atoms. The summed E-state index contributed by atoms with van der Waals surface area (Å²) in [6.07, 6.45) is 1.77. The van der Waals surface area contributed by atoms with Gasteiger partial charge in [-0.25, -0.2) is 4.39 Å². The fourth-order valence-corrected chi connectivity index (χ4v) is 1.59. The molecule has 1 aromatic heterocycles. The molecule has 0 aliphatic carbocycles. The summed E-state index contributed by atoms with van der Waals surface area (Å²) < 4.78 is 14.8. The van der Waals surface area contributed by atoms with Crippen LogP contribution in [0.3, 0.4) is 0 Å². The smallest absolute Gasteiger partial charge is 0.125 e. The van der Waals surface area contributed by atoms with E-state index in [-0.39, 0.29) is 5.82 Å². The van der Waals surface area contributed by atoms with Gasteiger partial charge in [0.05, 0.1) is 12.2 Å². The minimum Gasteiger partial charge on any atom is -0.379 e. The van der Waals surface area contributed by atoms with E-state index >= 15 is 0 Å². The Labute approximate surface area is 93.9 Å². The lowest BCUT2D eigenvalue weighted by molar-refractivity contribution is 0.624. The maximum absolute atomic E-state index is 12.9. The summed E-state index contributed by atoms with van der Waals surface area (Å²) in [5, 5.41) is 7.33. The highest BCUT2D eigenvalue weighted by Gasteiger charge is 2.00. The van der Waals surface area contributed by atoms with Crippen LogP contribution in [0.4, 0.5) is 10.1 Å². The molecule has 3 nitrogen and oxygen atoms in total. The molecule has 16 heavy (non-hydrogen) atoms. The van der Waals surface area contributed by atoms with Crippen molar-refractivity contribution in [1.29, 1.82) is 0 Å². The summed E-state index contributed by atoms with van der Waals surface area (Å²) in [7, 11) is 0. The Morgan fingerprint density at radius 2 is 2.25 bits per heavy atom. The van der Waals surface area contributed by atoms with Gasteiger partial charge in [-0.05, 0) is 31.2 Å². The van der Waals surface area contributed by atoms with Crippen molar-refractivity contribution in [2.24, 2.45) is 0 Å². The number of anilines is 1. The Balaban J connectivity index is 2.02. The molecular weight excluding hydrogens is 205 g/mol. The average molecular weight is 219 g/mol. The van der Waals surface area contributed by atoms with Gasteiger partial charge in [0.15, 0.2) is 0 Å². The highest BCUT2D eigenvalue weighted by atomic mass is 19.1. The van der Waals surface area contributed by atoms with Crippen LogP contribution in [-0.4, -0.2) is 9.78 Å². The van der Waals surface area contributed by atoms with Gasteiger partial charge in [-0.3, -0.25) is 4.68 Å². The van der Waals surface area contributed by atoms with E-state index in [9.17, 15) is 4.39 Å². The highest BCUT2D eigenvalue weighted by Crippen LogP contribution is 2.10. The van der Waals surface area contributed by atoms with Crippen molar-refractivity contribution in [3.05, 3.63) is 48.0 Å². The normalized spacial score (nSPS) is 10.4. The Hall–Kier alpha value is -1.84. The molecule has 0 spiro atoms. The van der Waals surface area contributed by atoms with Gasteiger partial charge in [0, 0.05) is 18.4 Å². The zero-order valence-corrected chi connectivity index (χ0v) is 9.15. The van der Waals surface area contributed by atoms with Crippen LogP contribution < -0.4 is 5.32 Å². The van der Waals surface area contributed by atoms with Crippen molar-refractivity contribution in [3.63, 3.8) is 0 Å². The molecule has 2 aromatic rings. The number of rotatable bonds is 4. The second kappa shape index (κ2) is 4.79. The minimum atomic E-state index is -0.228. The molecule has 84 valence electrons. The molecule has 0 unspecified atom stereocenters. The van der Waals surface area contributed by atoms with Crippen molar-refractivity contribution >= 4 is 5.69 Å². The van der Waals surface area contributed by atoms with E-state index < -0.39 is 0 Å². The molecule has 1 aromatic carbocycles. The lowest BCUT2D eigenvalue weighted by Gasteiger charge is -2.07. The molecule has 0 saturated carbocycles. The zero-order valence-electron chi connectivity index (χ0n) is 9.15. The first-order valence-electron chi connectivity index (χ1n) is 5.29. The molecule has 0 aliphatic heterocycles. The zero-order chi connectivity index (χ0) is 11.4. The van der Waals surface area contributed by atoms with Crippen LogP contribution in [-0.2, 0) is 13.1 Å². The first kappa shape index (κ1) is 10.7. The van der Waals surface area contributed by atoms with Crippen LogP contribution >= 0.6 is 0 Å². The summed E-state index contributed by atoms with van der Waals surface area (Å²) in [6.45, 7) is 3.53. The fraction of sp³-hybridized carbons (Fsp3) is 0.250. The van der Waals surface area contributed by atoms with Crippen LogP contribution in [0.25, 0.3) is 0 Å². The largest absolute Gasteiger partial charge is 0.379 e. The molecule has 0 radical (unpaired) electrons. The Morgan fingerprint density at radius 1 is 1.38 bits per heavy atom. The van der Waals surface area contributed by atoms with Gasteiger partial charge in [0.25, 0.3) is 0 Å². The third-order valence-electron chi connectivity index (χ3n) is 2.40. The standard InChI is InChI=1S/C12H14FN3/c1-2-16-12(6-7-15-16)9-14-11-5-3-4-10(13)8-11/h3-8,14H,2,9H2,1H3. The average Bonchev–Trinajstić information content (AvgIpc) is 2.74. The lowest BCUT2D eigenvalue weighted by Crippen LogP contribution is -2.07. The highest BCUT2D eigenvalue weighted by molar-refractivity contribution is 5.43. The predicted octanol–water partition coefficient (Wildman–Crippen LogP) is 2.65. The van der Waals surface area contributed by atoms with Gasteiger partial charge in [-0.1, -0.05) is 6.07 Å². The number of aryl methyl sites for hydroxylation is 1. The van der Waals surface area contributed by atoms with Gasteiger partial charge in [-0.2, -0.15) is 5.10 Å². The van der Waals surface area contributed by atoms with Crippen molar-refractivity contribution in [2.75, 3.05) is 5.32 Å². The molecule has 1 heterocycles. The number of benzene rings is 1. The maximum Gasteiger partial charge on any atom is 0.125 e. The van der Waals surface area contributed by atoms with E-state index in [4.69, 9.17) is 0 Å². The third kappa shape index (κ3) is 2.39. The van der Waals surface area contributed by atoms with Crippen LogP contribution in [0.15, 0.2) is 36.5 Å². The van der Waals surface area contributed by atoms with E-state index in [0.717, 1.165) is 17.9 Å². The fourth-order valence-electron chi connectivity index (χ4n) is 1.59. The van der Waals surface area contributed by atoms with E-state index in [2.05, 4.69) is 10.4 Å². The van der Waals surface area contributed by atoms with Gasteiger partial charge in [0.1, 0.15) is 5.82 Å². The quantitative estimate of drug-likeness (QED) is 0.856. The first-order valence-corrected chi connectivity index (χ1v) is 5.29. The van der Waals surface area contributed by atoms with Crippen molar-refractivity contribution in [3.8, 4) is 0 Å². The number of halogens is 1. The van der Waals surface area contributed by atoms with Crippen molar-refractivity contribution in [1.82, 2.24) is 9.78 Å². The summed E-state index contributed by atoms with van der Waals surface area (Å²) >= 11 is 0. The molecule has 0 fully saturated rings. The Morgan fingerprint density at radius 3 is 3.00 bits per heavy atom. The third-order valence-corrected chi connectivity index (χ3v) is 2.40. The van der Waals surface area contributed by atoms with E-state index in [1.165, 1.54) is 12.1 Å². The first-order chi connectivity index (χ1) is 7.79. The van der Waals surface area contributed by atoms with Gasteiger partial charge in [-0.15, -0.1) is 0 Å². The molecule has 2 rings (SSSR count). The van der Waals surface area contributed by atoms with Crippen LogP contribution in [0.2, 0.25) is 0 Å². The summed E-state index contributed by atoms with van der Waals surface area (Å²) in [6, 6.07) is 8.40. The number of hydrogen-bond donors (Lipinski definition) is 1. The van der Waals surface area contributed by atoms with Crippen LogP contribution in [0, 0.1) is 5.82 Å². The lowest BCUT2D eigenvalue weighted by atomic mass is 10.3. The topological polar surface area (TPSA) is 29.9 Å². The predicted molar refractivity (Wildman–Crippen MR) is 61.6 cm³/mol. The van der Waals surface area contributed by atoms with E-state index in [0.29, 0.717) is 6.54 Å². The van der Waals surface area contributed by atoms with E-state index in [1.54, 1.807) is 12.3 Å². The Kier molecular flexibility index (Phi) is 3.19. The number of nitrogens with zero attached hydrogens (tertiary/aromatic N) is 2. The van der Waals surface area contributed by atoms with Gasteiger partial charge in [0.2, 0.25) is 0 Å². The van der Waals surface area contributed by atoms with Crippen molar-refractivity contribution < 1.29 is 4.39 Å². The summed E-state index contributed by atoms with van der Waals surface area (Å²) in [5.74, 6) is -0.228. The molecule has 4 heteroatoms. The van der Waals surface area contributed by atoms with Gasteiger partial charge >= 0.3 is 0 Å². The summed E-state index contributed by atoms with van der Waals surface area (Å²) in [5.41, 5.74) is 1.87. The Bertz CT molecular complexity index is 465. The van der Waals surface area contributed by atoms with Crippen LogP contribution in [0.1, 0.15) is 12.6 Å². The second-order valence-electron chi connectivity index (χ2n) is 3.50. The van der Waals surface area contributed by atoms with E-state index in [1.807, 2.05) is 23.7 Å². The number of hydrogen-bond acceptors (Lipinski definition) is 2. The SMILES string of the molecule is CCn1nccc1CNc1cccc(F)c1. The second-order valence-corrected chi connectivity index (χ2v) is 3.50. The summed E-state index contributed by atoms with van der Waals surface area (Å²) in [4.78, 5) is 0. The maximum atomic E-state index is 12.9. The van der Waals surface area contributed by atoms with Crippen LogP contribution in [0.5, 0.6) is 0 Å². The molecule has 0 amide bonds. The minimum absolute atomic E-state index is 0.228. The molecule has 0 atom stereocenters. The van der Waals surface area contributed by atoms with Gasteiger partial charge < -0.3 is 5.32 Å². The molecule has 1 N–H and O–H groups in total. The van der Waals surface area contributed by atoms with Crippen molar-refractivity contribution in [2.45, 2.75) is 20.0 Å². The molecular formula is C12H14FN3. The molecule has 0 saturated heterocycles. The number of aromatic nitrogens is 2. The number of nitrogens with one attached hydrogen (secondary N) is 1.